The number of para-hydroxylation sites is 1. The highest BCUT2D eigenvalue weighted by atomic mass is 16.5. The van der Waals surface area contributed by atoms with Gasteiger partial charge in [-0.2, -0.15) is 0 Å². The smallest absolute Gasteiger partial charge is 0.305 e. The summed E-state index contributed by atoms with van der Waals surface area (Å²) in [7, 11) is 1.60. The molecule has 1 saturated heterocycles. The zero-order valence-corrected chi connectivity index (χ0v) is 15.5. The Bertz CT molecular complexity index is 620. The zero-order chi connectivity index (χ0) is 18.9. The number of rotatable bonds is 10. The van der Waals surface area contributed by atoms with Crippen LogP contribution in [0, 0.1) is 0 Å². The van der Waals surface area contributed by atoms with Gasteiger partial charge < -0.3 is 19.9 Å². The van der Waals surface area contributed by atoms with Gasteiger partial charge in [-0.3, -0.25) is 14.5 Å². The number of hydrogen-bond donors (Lipinski definition) is 2. The van der Waals surface area contributed by atoms with Crippen molar-refractivity contribution in [2.75, 3.05) is 26.8 Å². The number of piperazine rings is 1. The number of carbonyl (C=O) groups excluding carboxylic acids is 1. The summed E-state index contributed by atoms with van der Waals surface area (Å²) in [4.78, 5) is 25.1. The van der Waals surface area contributed by atoms with Crippen molar-refractivity contribution in [2.24, 2.45) is 0 Å². The molecule has 7 nitrogen and oxygen atoms in total. The van der Waals surface area contributed by atoms with Crippen molar-refractivity contribution in [3.05, 3.63) is 23.8 Å². The Labute approximate surface area is 154 Å². The first-order valence-electron chi connectivity index (χ1n) is 9.09. The molecule has 0 aromatic heterocycles. The molecule has 2 rings (SSSR count). The van der Waals surface area contributed by atoms with Crippen molar-refractivity contribution in [3.63, 3.8) is 0 Å². The number of benzene rings is 1. The summed E-state index contributed by atoms with van der Waals surface area (Å²) in [6.07, 6.45) is 2.95. The second-order valence-corrected chi connectivity index (χ2v) is 6.38. The lowest BCUT2D eigenvalue weighted by Gasteiger charge is -2.34. The van der Waals surface area contributed by atoms with Crippen molar-refractivity contribution in [1.82, 2.24) is 10.2 Å². The standard InChI is InChI=1S/C19H28N2O5/c1-3-4-5-11-26-18-14(7-6-8-16(18)25-2)13-21-10-9-20-19(24)15(21)12-17(22)23/h6-8,15H,3-5,9-13H2,1-2H3,(H,20,24)(H,22,23). The highest BCUT2D eigenvalue weighted by Crippen LogP contribution is 2.33. The van der Waals surface area contributed by atoms with Crippen LogP contribution in [0.25, 0.3) is 0 Å². The lowest BCUT2D eigenvalue weighted by atomic mass is 10.1. The molecule has 7 heteroatoms. The van der Waals surface area contributed by atoms with E-state index in [9.17, 15) is 9.59 Å². The number of amides is 1. The van der Waals surface area contributed by atoms with E-state index in [1.165, 1.54) is 0 Å². The number of carboxylic acid groups (broad SMARTS) is 1. The van der Waals surface area contributed by atoms with Gasteiger partial charge in [-0.05, 0) is 12.5 Å². The number of carbonyl (C=O) groups is 2. The number of nitrogens with zero attached hydrogens (tertiary/aromatic N) is 1. The molecule has 1 unspecified atom stereocenters. The number of hydrogen-bond acceptors (Lipinski definition) is 5. The summed E-state index contributed by atoms with van der Waals surface area (Å²) in [5, 5.41) is 11.9. The maximum Gasteiger partial charge on any atom is 0.305 e. The van der Waals surface area contributed by atoms with Gasteiger partial charge in [0.2, 0.25) is 5.91 Å². The summed E-state index contributed by atoms with van der Waals surface area (Å²) in [6.45, 7) is 4.27. The van der Waals surface area contributed by atoms with Crippen LogP contribution >= 0.6 is 0 Å². The molecular formula is C19H28N2O5. The Morgan fingerprint density at radius 2 is 2.19 bits per heavy atom. The van der Waals surface area contributed by atoms with Gasteiger partial charge in [-0.25, -0.2) is 0 Å². The first kappa shape index (κ1) is 20.0. The normalized spacial score (nSPS) is 17.6. The summed E-state index contributed by atoms with van der Waals surface area (Å²) >= 11 is 0. The zero-order valence-electron chi connectivity index (χ0n) is 15.5. The van der Waals surface area contributed by atoms with Crippen molar-refractivity contribution in [3.8, 4) is 11.5 Å². The van der Waals surface area contributed by atoms with Crippen LogP contribution in [0.2, 0.25) is 0 Å². The third-order valence-electron chi connectivity index (χ3n) is 4.46. The van der Waals surface area contributed by atoms with E-state index in [0.717, 1.165) is 24.8 Å². The molecular weight excluding hydrogens is 336 g/mol. The minimum Gasteiger partial charge on any atom is -0.493 e. The van der Waals surface area contributed by atoms with E-state index in [0.29, 0.717) is 37.7 Å². The molecule has 0 aliphatic carbocycles. The predicted molar refractivity (Wildman–Crippen MR) is 97.5 cm³/mol. The quantitative estimate of drug-likeness (QED) is 0.618. The van der Waals surface area contributed by atoms with Gasteiger partial charge in [-0.1, -0.05) is 31.9 Å². The Balaban J connectivity index is 2.17. The molecule has 1 aromatic carbocycles. The van der Waals surface area contributed by atoms with Crippen LogP contribution in [0.15, 0.2) is 18.2 Å². The Morgan fingerprint density at radius 3 is 2.88 bits per heavy atom. The molecule has 1 fully saturated rings. The van der Waals surface area contributed by atoms with Gasteiger partial charge in [0.05, 0.1) is 20.1 Å². The van der Waals surface area contributed by atoms with E-state index < -0.39 is 12.0 Å². The number of carboxylic acids is 1. The Morgan fingerprint density at radius 1 is 1.38 bits per heavy atom. The summed E-state index contributed by atoms with van der Waals surface area (Å²) in [6, 6.07) is 4.97. The lowest BCUT2D eigenvalue weighted by molar-refractivity contribution is -0.143. The lowest BCUT2D eigenvalue weighted by Crippen LogP contribution is -2.55. The van der Waals surface area contributed by atoms with E-state index in [1.807, 2.05) is 23.1 Å². The van der Waals surface area contributed by atoms with Crippen molar-refractivity contribution < 1.29 is 24.2 Å². The van der Waals surface area contributed by atoms with E-state index >= 15 is 0 Å². The summed E-state index contributed by atoms with van der Waals surface area (Å²) in [5.41, 5.74) is 0.894. The van der Waals surface area contributed by atoms with Crippen LogP contribution in [0.3, 0.4) is 0 Å². The number of ether oxygens (including phenoxy) is 2. The van der Waals surface area contributed by atoms with Gasteiger partial charge in [0.15, 0.2) is 11.5 Å². The van der Waals surface area contributed by atoms with Crippen molar-refractivity contribution in [2.45, 2.75) is 45.2 Å². The van der Waals surface area contributed by atoms with Crippen molar-refractivity contribution >= 4 is 11.9 Å². The molecule has 1 atom stereocenters. The van der Waals surface area contributed by atoms with E-state index in [4.69, 9.17) is 14.6 Å². The second-order valence-electron chi connectivity index (χ2n) is 6.38. The minimum absolute atomic E-state index is 0.220. The van der Waals surface area contributed by atoms with Gasteiger partial charge in [0.1, 0.15) is 6.04 Å². The molecule has 2 N–H and O–H groups in total. The Kier molecular flexibility index (Phi) is 7.72. The monoisotopic (exact) mass is 364 g/mol. The fourth-order valence-electron chi connectivity index (χ4n) is 3.09. The molecule has 1 aliphatic rings. The molecule has 0 spiro atoms. The molecule has 0 bridgehead atoms. The van der Waals surface area contributed by atoms with Gasteiger partial charge >= 0.3 is 5.97 Å². The predicted octanol–water partition coefficient (Wildman–Crippen LogP) is 2.04. The minimum atomic E-state index is -0.987. The second kappa shape index (κ2) is 10.0. The maximum absolute atomic E-state index is 12.1. The topological polar surface area (TPSA) is 88.1 Å². The number of aliphatic carboxylic acids is 1. The highest BCUT2D eigenvalue weighted by Gasteiger charge is 2.32. The largest absolute Gasteiger partial charge is 0.493 e. The molecule has 1 amide bonds. The summed E-state index contributed by atoms with van der Waals surface area (Å²) < 4.78 is 11.4. The van der Waals surface area contributed by atoms with Crippen LogP contribution in [0.1, 0.15) is 38.2 Å². The van der Waals surface area contributed by atoms with Gasteiger partial charge in [0, 0.05) is 25.2 Å². The number of nitrogens with one attached hydrogen (secondary N) is 1. The number of unbranched alkanes of at least 4 members (excludes halogenated alkanes) is 2. The molecule has 1 aliphatic heterocycles. The highest BCUT2D eigenvalue weighted by molar-refractivity contribution is 5.86. The van der Waals surface area contributed by atoms with Crippen LogP contribution < -0.4 is 14.8 Å². The van der Waals surface area contributed by atoms with Crippen LogP contribution in [-0.4, -0.2) is 54.7 Å². The fourth-order valence-corrected chi connectivity index (χ4v) is 3.09. The SMILES string of the molecule is CCCCCOc1c(CN2CCNC(=O)C2CC(=O)O)cccc1OC. The third kappa shape index (κ3) is 5.36. The van der Waals surface area contributed by atoms with E-state index in [-0.39, 0.29) is 12.3 Å². The van der Waals surface area contributed by atoms with Crippen LogP contribution in [-0.2, 0) is 16.1 Å². The van der Waals surface area contributed by atoms with Crippen molar-refractivity contribution in [1.29, 1.82) is 0 Å². The molecule has 0 saturated carbocycles. The molecule has 0 radical (unpaired) electrons. The third-order valence-corrected chi connectivity index (χ3v) is 4.46. The van der Waals surface area contributed by atoms with Gasteiger partial charge in [-0.15, -0.1) is 0 Å². The maximum atomic E-state index is 12.1. The first-order valence-corrected chi connectivity index (χ1v) is 9.09. The Hall–Kier alpha value is -2.28. The van der Waals surface area contributed by atoms with E-state index in [2.05, 4.69) is 12.2 Å². The summed E-state index contributed by atoms with van der Waals surface area (Å²) in [5.74, 6) is 0.0899. The number of methoxy groups -OCH3 is 1. The fraction of sp³-hybridized carbons (Fsp3) is 0.579. The average molecular weight is 364 g/mol. The first-order chi connectivity index (χ1) is 12.6. The average Bonchev–Trinajstić information content (AvgIpc) is 2.62. The van der Waals surface area contributed by atoms with Crippen LogP contribution in [0.5, 0.6) is 11.5 Å². The van der Waals surface area contributed by atoms with E-state index in [1.54, 1.807) is 7.11 Å². The van der Waals surface area contributed by atoms with Crippen LogP contribution in [0.4, 0.5) is 0 Å². The molecule has 1 heterocycles. The van der Waals surface area contributed by atoms with Gasteiger partial charge in [0.25, 0.3) is 0 Å². The molecule has 26 heavy (non-hydrogen) atoms. The molecule has 1 aromatic rings. The molecule has 144 valence electrons.